The largest absolute Gasteiger partial charge is 0.454 e. The van der Waals surface area contributed by atoms with Crippen LogP contribution in [0.4, 0.5) is 23.4 Å². The number of pyridine rings is 1. The molecular weight excluding hydrogens is 372 g/mol. The van der Waals surface area contributed by atoms with Gasteiger partial charge in [-0.25, -0.2) is 4.98 Å². The summed E-state index contributed by atoms with van der Waals surface area (Å²) in [4.78, 5) is 13.5. The molecule has 5 rings (SSSR count). The Morgan fingerprint density at radius 3 is 2.72 bits per heavy atom. The lowest BCUT2D eigenvalue weighted by Gasteiger charge is -2.33. The van der Waals surface area contributed by atoms with Crippen molar-refractivity contribution in [2.45, 2.75) is 0 Å². The summed E-state index contributed by atoms with van der Waals surface area (Å²) in [5.41, 5.74) is 7.53. The van der Waals surface area contributed by atoms with Crippen molar-refractivity contribution in [3.63, 3.8) is 0 Å². The molecule has 3 aromatic rings. The van der Waals surface area contributed by atoms with Crippen LogP contribution in [0.2, 0.25) is 0 Å². The summed E-state index contributed by atoms with van der Waals surface area (Å²) < 4.78 is 12.5. The van der Waals surface area contributed by atoms with E-state index in [4.69, 9.17) is 15.2 Å². The van der Waals surface area contributed by atoms with Crippen LogP contribution >= 0.6 is 0 Å². The van der Waals surface area contributed by atoms with Crippen LogP contribution in [0, 0.1) is 0 Å². The molecule has 150 valence electrons. The minimum absolute atomic E-state index is 0.186. The van der Waals surface area contributed by atoms with Crippen LogP contribution in [0.5, 0.6) is 11.5 Å². The molecule has 0 bridgehead atoms. The van der Waals surface area contributed by atoms with E-state index in [-0.39, 0.29) is 12.7 Å². The molecule has 10 heteroatoms. The van der Waals surface area contributed by atoms with E-state index in [1.165, 1.54) is 0 Å². The third kappa shape index (κ3) is 3.49. The number of nitrogen functional groups attached to an aromatic ring is 1. The van der Waals surface area contributed by atoms with Gasteiger partial charge in [-0.1, -0.05) is 0 Å². The molecule has 0 amide bonds. The molecule has 0 unspecified atom stereocenters. The molecule has 0 aliphatic carbocycles. The molecule has 0 saturated carbocycles. The summed E-state index contributed by atoms with van der Waals surface area (Å²) in [5, 5.41) is 7.62. The highest BCUT2D eigenvalue weighted by Crippen LogP contribution is 2.35. The highest BCUT2D eigenvalue weighted by molar-refractivity contribution is 5.62. The van der Waals surface area contributed by atoms with Gasteiger partial charge in [0.2, 0.25) is 18.7 Å². The zero-order valence-corrected chi connectivity index (χ0v) is 16.1. The molecule has 10 nitrogen and oxygen atoms in total. The van der Waals surface area contributed by atoms with Crippen LogP contribution in [0.1, 0.15) is 0 Å². The van der Waals surface area contributed by atoms with E-state index in [9.17, 15) is 0 Å². The highest BCUT2D eigenvalue weighted by atomic mass is 16.7. The van der Waals surface area contributed by atoms with Crippen LogP contribution in [0.15, 0.2) is 36.5 Å². The van der Waals surface area contributed by atoms with Crippen molar-refractivity contribution in [1.29, 1.82) is 0 Å². The van der Waals surface area contributed by atoms with Crippen LogP contribution in [0.25, 0.3) is 5.69 Å². The number of hydrogen-bond donors (Lipinski definition) is 2. The number of fused-ring (bicyclic) bond motifs is 1. The number of likely N-dealkylation sites (N-methyl/N-ethyl adjacent to an activating group) is 1. The van der Waals surface area contributed by atoms with E-state index in [0.29, 0.717) is 11.7 Å². The number of hydrogen-bond acceptors (Lipinski definition) is 9. The van der Waals surface area contributed by atoms with Gasteiger partial charge in [-0.2, -0.15) is 9.67 Å². The van der Waals surface area contributed by atoms with Crippen molar-refractivity contribution in [2.24, 2.45) is 0 Å². The SMILES string of the molecule is CN1CCN(c2cc(-n3nc(N)nc3Nc3ccc4c(c3)OCO4)ccn2)CC1. The minimum atomic E-state index is 0.186. The molecule has 1 saturated heterocycles. The number of ether oxygens (including phenoxy) is 2. The molecule has 0 radical (unpaired) electrons. The first-order chi connectivity index (χ1) is 14.2. The summed E-state index contributed by atoms with van der Waals surface area (Å²) >= 11 is 0. The fourth-order valence-corrected chi connectivity index (χ4v) is 3.44. The normalized spacial score (nSPS) is 16.2. The number of piperazine rings is 1. The molecule has 3 N–H and O–H groups in total. The predicted octanol–water partition coefficient (Wildman–Crippen LogP) is 1.47. The Hall–Kier alpha value is -3.53. The fraction of sp³-hybridized carbons (Fsp3) is 0.316. The standard InChI is InChI=1S/C19H22N8O2/c1-25-6-8-26(9-7-25)17-11-14(4-5-21-17)27-19(23-18(20)24-27)22-13-2-3-15-16(10-13)29-12-28-15/h2-5,10-11H,6-9,12H2,1H3,(H3,20,22,23,24). The predicted molar refractivity (Wildman–Crippen MR) is 109 cm³/mol. The number of nitrogens with zero attached hydrogens (tertiary/aromatic N) is 6. The first-order valence-electron chi connectivity index (χ1n) is 9.45. The minimum Gasteiger partial charge on any atom is -0.454 e. The maximum atomic E-state index is 5.90. The zero-order valence-electron chi connectivity index (χ0n) is 16.1. The molecule has 2 aliphatic rings. The Bertz CT molecular complexity index is 1030. The van der Waals surface area contributed by atoms with E-state index in [0.717, 1.165) is 49.1 Å². The fourth-order valence-electron chi connectivity index (χ4n) is 3.44. The van der Waals surface area contributed by atoms with Crippen molar-refractivity contribution >= 4 is 23.4 Å². The van der Waals surface area contributed by atoms with Gasteiger partial charge in [0.05, 0.1) is 5.69 Å². The van der Waals surface area contributed by atoms with E-state index in [1.54, 1.807) is 10.9 Å². The van der Waals surface area contributed by atoms with Gasteiger partial charge < -0.3 is 30.3 Å². The van der Waals surface area contributed by atoms with Crippen LogP contribution < -0.4 is 25.4 Å². The van der Waals surface area contributed by atoms with E-state index < -0.39 is 0 Å². The number of aromatic nitrogens is 4. The highest BCUT2D eigenvalue weighted by Gasteiger charge is 2.18. The number of benzene rings is 1. The average Bonchev–Trinajstić information content (AvgIpc) is 3.34. The Morgan fingerprint density at radius 2 is 1.86 bits per heavy atom. The average molecular weight is 394 g/mol. The molecule has 1 fully saturated rings. The molecular formula is C19H22N8O2. The number of rotatable bonds is 4. The van der Waals surface area contributed by atoms with Crippen LogP contribution in [-0.4, -0.2) is 64.7 Å². The number of nitrogens with one attached hydrogen (secondary N) is 1. The Balaban J connectivity index is 1.43. The number of anilines is 4. The molecule has 2 aliphatic heterocycles. The van der Waals surface area contributed by atoms with E-state index in [2.05, 4.69) is 37.2 Å². The second kappa shape index (κ2) is 7.13. The van der Waals surface area contributed by atoms with Gasteiger partial charge in [0.25, 0.3) is 0 Å². The van der Waals surface area contributed by atoms with Crippen molar-refractivity contribution in [3.05, 3.63) is 36.5 Å². The molecule has 29 heavy (non-hydrogen) atoms. The summed E-state index contributed by atoms with van der Waals surface area (Å²) in [5.74, 6) is 3.03. The summed E-state index contributed by atoms with van der Waals surface area (Å²) in [6.45, 7) is 4.13. The summed E-state index contributed by atoms with van der Waals surface area (Å²) in [7, 11) is 2.13. The third-order valence-corrected chi connectivity index (χ3v) is 5.05. The molecule has 0 atom stereocenters. The smallest absolute Gasteiger partial charge is 0.241 e. The van der Waals surface area contributed by atoms with E-state index >= 15 is 0 Å². The Labute approximate surface area is 167 Å². The van der Waals surface area contributed by atoms with Crippen molar-refractivity contribution in [3.8, 4) is 17.2 Å². The van der Waals surface area contributed by atoms with Gasteiger partial charge >= 0.3 is 0 Å². The molecule has 0 spiro atoms. The monoisotopic (exact) mass is 394 g/mol. The Morgan fingerprint density at radius 1 is 1.03 bits per heavy atom. The summed E-state index contributed by atoms with van der Waals surface area (Å²) in [6.07, 6.45) is 1.78. The number of nitrogens with two attached hydrogens (primary N) is 1. The maximum absolute atomic E-state index is 5.90. The lowest BCUT2D eigenvalue weighted by Crippen LogP contribution is -2.44. The first-order valence-corrected chi connectivity index (χ1v) is 9.45. The Kier molecular flexibility index (Phi) is 4.32. The van der Waals surface area contributed by atoms with Gasteiger partial charge in [0, 0.05) is 50.2 Å². The van der Waals surface area contributed by atoms with Crippen LogP contribution in [0.3, 0.4) is 0 Å². The lowest BCUT2D eigenvalue weighted by molar-refractivity contribution is 0.174. The first kappa shape index (κ1) is 17.6. The summed E-state index contributed by atoms with van der Waals surface area (Å²) in [6, 6.07) is 9.50. The van der Waals surface area contributed by atoms with Gasteiger partial charge in [-0.05, 0) is 25.2 Å². The van der Waals surface area contributed by atoms with Crippen molar-refractivity contribution < 1.29 is 9.47 Å². The van der Waals surface area contributed by atoms with Crippen molar-refractivity contribution in [1.82, 2.24) is 24.6 Å². The van der Waals surface area contributed by atoms with Gasteiger partial charge in [-0.15, -0.1) is 5.10 Å². The molecule has 1 aromatic carbocycles. The van der Waals surface area contributed by atoms with E-state index in [1.807, 2.05) is 30.3 Å². The third-order valence-electron chi connectivity index (χ3n) is 5.05. The molecule has 4 heterocycles. The second-order valence-electron chi connectivity index (χ2n) is 7.06. The quantitative estimate of drug-likeness (QED) is 0.680. The van der Waals surface area contributed by atoms with Crippen LogP contribution in [-0.2, 0) is 0 Å². The van der Waals surface area contributed by atoms with Gasteiger partial charge in [0.15, 0.2) is 11.5 Å². The van der Waals surface area contributed by atoms with Gasteiger partial charge in [-0.3, -0.25) is 0 Å². The maximum Gasteiger partial charge on any atom is 0.241 e. The van der Waals surface area contributed by atoms with Crippen molar-refractivity contribution in [2.75, 3.05) is 56.0 Å². The lowest BCUT2D eigenvalue weighted by atomic mass is 10.3. The zero-order chi connectivity index (χ0) is 19.8. The van der Waals surface area contributed by atoms with Gasteiger partial charge in [0.1, 0.15) is 5.82 Å². The second-order valence-corrected chi connectivity index (χ2v) is 7.06. The molecule has 2 aromatic heterocycles. The topological polar surface area (TPSA) is 107 Å².